The van der Waals surface area contributed by atoms with E-state index in [2.05, 4.69) is 10.3 Å². The van der Waals surface area contributed by atoms with E-state index < -0.39 is 5.92 Å². The molecule has 1 heterocycles. The summed E-state index contributed by atoms with van der Waals surface area (Å²) < 4.78 is 5.10. The SMILES string of the molecule is CCOC(=O)C(CNC(=O)c1cscn1)Cc1ccccc1. The molecular weight excluding hydrogens is 300 g/mol. The predicted molar refractivity (Wildman–Crippen MR) is 84.7 cm³/mol. The maximum absolute atomic E-state index is 12.1. The molecule has 6 heteroatoms. The summed E-state index contributed by atoms with van der Waals surface area (Å²) in [5, 5.41) is 4.42. The molecule has 1 amide bonds. The van der Waals surface area contributed by atoms with Crippen molar-refractivity contribution in [2.24, 2.45) is 5.92 Å². The first-order valence-electron chi connectivity index (χ1n) is 7.07. The van der Waals surface area contributed by atoms with Gasteiger partial charge in [0.05, 0.1) is 18.0 Å². The van der Waals surface area contributed by atoms with Crippen LogP contribution in [0.15, 0.2) is 41.2 Å². The number of carbonyl (C=O) groups excluding carboxylic acids is 2. The molecule has 1 aromatic heterocycles. The van der Waals surface area contributed by atoms with Crippen molar-refractivity contribution < 1.29 is 14.3 Å². The monoisotopic (exact) mass is 318 g/mol. The molecule has 0 saturated carbocycles. The Labute approximate surface area is 133 Å². The summed E-state index contributed by atoms with van der Waals surface area (Å²) in [6.45, 7) is 2.32. The third kappa shape index (κ3) is 4.66. The van der Waals surface area contributed by atoms with Crippen LogP contribution in [0.1, 0.15) is 23.0 Å². The molecule has 1 aromatic carbocycles. The van der Waals surface area contributed by atoms with Crippen molar-refractivity contribution in [2.45, 2.75) is 13.3 Å². The van der Waals surface area contributed by atoms with Crippen molar-refractivity contribution >= 4 is 23.2 Å². The second kappa shape index (κ2) is 8.29. The first kappa shape index (κ1) is 16.2. The van der Waals surface area contributed by atoms with Gasteiger partial charge >= 0.3 is 5.97 Å². The summed E-state index contributed by atoms with van der Waals surface area (Å²) >= 11 is 1.36. The molecule has 0 radical (unpaired) electrons. The van der Waals surface area contributed by atoms with Crippen molar-refractivity contribution in [2.75, 3.05) is 13.2 Å². The van der Waals surface area contributed by atoms with Gasteiger partial charge in [-0.3, -0.25) is 9.59 Å². The molecule has 0 spiro atoms. The maximum atomic E-state index is 12.1. The molecule has 1 atom stereocenters. The molecule has 22 heavy (non-hydrogen) atoms. The Balaban J connectivity index is 1.98. The summed E-state index contributed by atoms with van der Waals surface area (Å²) in [5.41, 5.74) is 3.00. The van der Waals surface area contributed by atoms with Crippen LogP contribution in [0, 0.1) is 5.92 Å². The fourth-order valence-electron chi connectivity index (χ4n) is 2.03. The van der Waals surface area contributed by atoms with Gasteiger partial charge in [0.2, 0.25) is 0 Å². The van der Waals surface area contributed by atoms with E-state index in [1.165, 1.54) is 11.3 Å². The number of benzene rings is 1. The van der Waals surface area contributed by atoms with Crippen molar-refractivity contribution in [3.8, 4) is 0 Å². The molecule has 0 aliphatic heterocycles. The van der Waals surface area contributed by atoms with Crippen LogP contribution in [-0.2, 0) is 16.0 Å². The van der Waals surface area contributed by atoms with Crippen LogP contribution in [0.25, 0.3) is 0 Å². The molecule has 116 valence electrons. The fourth-order valence-corrected chi connectivity index (χ4v) is 2.56. The number of hydrogen-bond acceptors (Lipinski definition) is 5. The molecule has 5 nitrogen and oxygen atoms in total. The van der Waals surface area contributed by atoms with Gasteiger partial charge in [-0.25, -0.2) is 4.98 Å². The minimum atomic E-state index is -0.412. The van der Waals surface area contributed by atoms with E-state index in [4.69, 9.17) is 4.74 Å². The lowest BCUT2D eigenvalue weighted by atomic mass is 9.99. The number of thiazole rings is 1. The zero-order chi connectivity index (χ0) is 15.8. The van der Waals surface area contributed by atoms with Crippen LogP contribution in [0.3, 0.4) is 0 Å². The lowest BCUT2D eigenvalue weighted by Gasteiger charge is -2.16. The number of amides is 1. The third-order valence-corrected chi connectivity index (χ3v) is 3.71. The summed E-state index contributed by atoms with van der Waals surface area (Å²) in [5.74, 6) is -0.988. The van der Waals surface area contributed by atoms with Gasteiger partial charge < -0.3 is 10.1 Å². The minimum Gasteiger partial charge on any atom is -0.466 e. The van der Waals surface area contributed by atoms with E-state index in [9.17, 15) is 9.59 Å². The molecule has 0 aliphatic carbocycles. The third-order valence-electron chi connectivity index (χ3n) is 3.12. The predicted octanol–water partition coefficient (Wildman–Crippen LogP) is 2.29. The van der Waals surface area contributed by atoms with Gasteiger partial charge in [-0.2, -0.15) is 0 Å². The van der Waals surface area contributed by atoms with E-state index >= 15 is 0 Å². The zero-order valence-electron chi connectivity index (χ0n) is 12.3. The molecular formula is C16H18N2O3S. The Morgan fingerprint density at radius 3 is 2.73 bits per heavy atom. The van der Waals surface area contributed by atoms with Crippen LogP contribution in [0.4, 0.5) is 0 Å². The van der Waals surface area contributed by atoms with E-state index in [1.54, 1.807) is 17.8 Å². The quantitative estimate of drug-likeness (QED) is 0.795. The minimum absolute atomic E-state index is 0.226. The van der Waals surface area contributed by atoms with Crippen molar-refractivity contribution in [3.05, 3.63) is 52.5 Å². The Hall–Kier alpha value is -2.21. The van der Waals surface area contributed by atoms with Crippen molar-refractivity contribution in [1.82, 2.24) is 10.3 Å². The second-order valence-corrected chi connectivity index (χ2v) is 5.44. The van der Waals surface area contributed by atoms with Gasteiger partial charge in [0.1, 0.15) is 5.69 Å². The Morgan fingerprint density at radius 2 is 2.09 bits per heavy atom. The van der Waals surface area contributed by atoms with Gasteiger partial charge in [0, 0.05) is 11.9 Å². The summed E-state index contributed by atoms with van der Waals surface area (Å²) in [6.07, 6.45) is 0.525. The molecule has 0 aliphatic rings. The van der Waals surface area contributed by atoms with Gasteiger partial charge in [0.15, 0.2) is 0 Å². The average Bonchev–Trinajstić information content (AvgIpc) is 3.06. The number of nitrogens with one attached hydrogen (secondary N) is 1. The Bertz CT molecular complexity index is 599. The molecule has 0 saturated heterocycles. The maximum Gasteiger partial charge on any atom is 0.311 e. The number of rotatable bonds is 7. The Morgan fingerprint density at radius 1 is 1.32 bits per heavy atom. The molecule has 2 rings (SSSR count). The van der Waals surface area contributed by atoms with Crippen LogP contribution in [0.5, 0.6) is 0 Å². The number of carbonyl (C=O) groups is 2. The summed E-state index contributed by atoms with van der Waals surface area (Å²) in [7, 11) is 0. The first-order valence-corrected chi connectivity index (χ1v) is 8.02. The van der Waals surface area contributed by atoms with Gasteiger partial charge in [-0.1, -0.05) is 30.3 Å². The van der Waals surface area contributed by atoms with Crippen LogP contribution in [0.2, 0.25) is 0 Å². The van der Waals surface area contributed by atoms with Crippen molar-refractivity contribution in [3.63, 3.8) is 0 Å². The topological polar surface area (TPSA) is 68.3 Å². The lowest BCUT2D eigenvalue weighted by molar-refractivity contribution is -0.147. The van der Waals surface area contributed by atoms with Gasteiger partial charge in [-0.05, 0) is 18.9 Å². The van der Waals surface area contributed by atoms with E-state index in [0.717, 1.165) is 5.56 Å². The first-order chi connectivity index (χ1) is 10.7. The Kier molecular flexibility index (Phi) is 6.09. The van der Waals surface area contributed by atoms with E-state index in [1.807, 2.05) is 30.3 Å². The molecule has 2 aromatic rings. The standard InChI is InChI=1S/C16H18N2O3S/c1-2-21-16(20)13(8-12-6-4-3-5-7-12)9-17-15(19)14-10-22-11-18-14/h3-7,10-11,13H,2,8-9H2,1H3,(H,17,19). The number of esters is 1. The summed E-state index contributed by atoms with van der Waals surface area (Å²) in [4.78, 5) is 27.9. The lowest BCUT2D eigenvalue weighted by Crippen LogP contribution is -2.35. The highest BCUT2D eigenvalue weighted by atomic mass is 32.1. The van der Waals surface area contributed by atoms with E-state index in [-0.39, 0.29) is 18.4 Å². The van der Waals surface area contributed by atoms with E-state index in [0.29, 0.717) is 18.7 Å². The molecule has 0 fully saturated rings. The smallest absolute Gasteiger partial charge is 0.311 e. The zero-order valence-corrected chi connectivity index (χ0v) is 13.1. The highest BCUT2D eigenvalue weighted by Gasteiger charge is 2.21. The second-order valence-electron chi connectivity index (χ2n) is 4.72. The largest absolute Gasteiger partial charge is 0.466 e. The molecule has 0 bridgehead atoms. The number of nitrogens with zero attached hydrogens (tertiary/aromatic N) is 1. The summed E-state index contributed by atoms with van der Waals surface area (Å²) in [6, 6.07) is 9.67. The van der Waals surface area contributed by atoms with Crippen LogP contribution in [-0.4, -0.2) is 30.0 Å². The highest BCUT2D eigenvalue weighted by Crippen LogP contribution is 2.11. The van der Waals surface area contributed by atoms with Crippen LogP contribution >= 0.6 is 11.3 Å². The number of hydrogen-bond donors (Lipinski definition) is 1. The van der Waals surface area contributed by atoms with Gasteiger partial charge in [-0.15, -0.1) is 11.3 Å². The fraction of sp³-hybridized carbons (Fsp3) is 0.312. The number of ether oxygens (including phenoxy) is 1. The average molecular weight is 318 g/mol. The normalized spacial score (nSPS) is 11.7. The highest BCUT2D eigenvalue weighted by molar-refractivity contribution is 7.07. The molecule has 1 N–H and O–H groups in total. The van der Waals surface area contributed by atoms with Crippen molar-refractivity contribution in [1.29, 1.82) is 0 Å². The van der Waals surface area contributed by atoms with Crippen LogP contribution < -0.4 is 5.32 Å². The molecule has 1 unspecified atom stereocenters. The number of aromatic nitrogens is 1. The van der Waals surface area contributed by atoms with Gasteiger partial charge in [0.25, 0.3) is 5.91 Å².